The third kappa shape index (κ3) is 3.21. The SMILES string of the molecule is CC(=O)Nc1cccc(-c2sc(C)nc2C(=O)N2C[C@@H]3C[C@@H]3[C@H]2C(N)=O)c1. The molecular weight excluding hydrogens is 364 g/mol. The molecule has 1 aliphatic heterocycles. The number of likely N-dealkylation sites (tertiary alicyclic amines) is 1. The van der Waals surface area contributed by atoms with E-state index in [0.29, 0.717) is 23.8 Å². The number of aryl methyl sites for hydroxylation is 1. The number of thiazole rings is 1. The van der Waals surface area contributed by atoms with Crippen LogP contribution in [0.15, 0.2) is 24.3 Å². The van der Waals surface area contributed by atoms with Gasteiger partial charge in [-0.3, -0.25) is 14.4 Å². The number of nitrogens with zero attached hydrogens (tertiary/aromatic N) is 2. The Morgan fingerprint density at radius 3 is 2.81 bits per heavy atom. The number of primary amides is 1. The Morgan fingerprint density at radius 2 is 2.11 bits per heavy atom. The van der Waals surface area contributed by atoms with E-state index in [1.807, 2.05) is 25.1 Å². The molecule has 1 aromatic carbocycles. The molecule has 1 saturated heterocycles. The molecule has 3 atom stereocenters. The minimum Gasteiger partial charge on any atom is -0.368 e. The minimum atomic E-state index is -0.539. The molecule has 3 amide bonds. The first-order chi connectivity index (χ1) is 12.8. The van der Waals surface area contributed by atoms with Crippen LogP contribution >= 0.6 is 11.3 Å². The fourth-order valence-electron chi connectivity index (χ4n) is 3.88. The summed E-state index contributed by atoms with van der Waals surface area (Å²) >= 11 is 1.42. The molecule has 1 aliphatic carbocycles. The summed E-state index contributed by atoms with van der Waals surface area (Å²) in [5.41, 5.74) is 7.34. The number of nitrogens with one attached hydrogen (secondary N) is 1. The van der Waals surface area contributed by atoms with Crippen molar-refractivity contribution in [2.45, 2.75) is 26.3 Å². The maximum absolute atomic E-state index is 13.2. The van der Waals surface area contributed by atoms with Crippen molar-refractivity contribution in [1.29, 1.82) is 0 Å². The molecule has 0 unspecified atom stereocenters. The number of rotatable bonds is 4. The second-order valence-electron chi connectivity index (χ2n) is 7.14. The van der Waals surface area contributed by atoms with Gasteiger partial charge < -0.3 is 16.0 Å². The Bertz CT molecular complexity index is 954. The smallest absolute Gasteiger partial charge is 0.274 e. The van der Waals surface area contributed by atoms with Crippen LogP contribution in [0.4, 0.5) is 5.69 Å². The lowest BCUT2D eigenvalue weighted by molar-refractivity contribution is -0.122. The average molecular weight is 384 g/mol. The van der Waals surface area contributed by atoms with E-state index in [-0.39, 0.29) is 17.7 Å². The molecule has 140 valence electrons. The Kier molecular flexibility index (Phi) is 4.22. The molecule has 2 aliphatic rings. The summed E-state index contributed by atoms with van der Waals surface area (Å²) in [6, 6.07) is 6.77. The van der Waals surface area contributed by atoms with Crippen LogP contribution in [0.1, 0.15) is 28.8 Å². The second-order valence-corrected chi connectivity index (χ2v) is 8.34. The molecule has 4 rings (SSSR count). The van der Waals surface area contributed by atoms with Crippen LogP contribution in [0.25, 0.3) is 10.4 Å². The molecule has 1 aromatic heterocycles. The van der Waals surface area contributed by atoms with E-state index in [9.17, 15) is 14.4 Å². The summed E-state index contributed by atoms with van der Waals surface area (Å²) in [6.07, 6.45) is 0.957. The number of aromatic nitrogens is 1. The summed E-state index contributed by atoms with van der Waals surface area (Å²) < 4.78 is 0. The van der Waals surface area contributed by atoms with Gasteiger partial charge in [-0.1, -0.05) is 12.1 Å². The Balaban J connectivity index is 1.68. The van der Waals surface area contributed by atoms with E-state index >= 15 is 0 Å². The lowest BCUT2D eigenvalue weighted by Crippen LogP contribution is -2.46. The number of hydrogen-bond acceptors (Lipinski definition) is 5. The van der Waals surface area contributed by atoms with Gasteiger partial charge in [-0.05, 0) is 42.9 Å². The fourth-order valence-corrected chi connectivity index (χ4v) is 4.79. The highest BCUT2D eigenvalue weighted by atomic mass is 32.1. The maximum Gasteiger partial charge on any atom is 0.274 e. The third-order valence-electron chi connectivity index (χ3n) is 5.08. The van der Waals surface area contributed by atoms with Gasteiger partial charge in [0.05, 0.1) is 9.88 Å². The Morgan fingerprint density at radius 1 is 1.33 bits per heavy atom. The first kappa shape index (κ1) is 17.7. The molecule has 2 aromatic rings. The van der Waals surface area contributed by atoms with Crippen molar-refractivity contribution in [2.75, 3.05) is 11.9 Å². The largest absolute Gasteiger partial charge is 0.368 e. The zero-order valence-electron chi connectivity index (χ0n) is 15.1. The van der Waals surface area contributed by atoms with Crippen LogP contribution < -0.4 is 11.1 Å². The van der Waals surface area contributed by atoms with Gasteiger partial charge >= 0.3 is 0 Å². The number of benzene rings is 1. The fraction of sp³-hybridized carbons (Fsp3) is 0.368. The number of carbonyl (C=O) groups excluding carboxylic acids is 3. The molecule has 2 heterocycles. The summed E-state index contributed by atoms with van der Waals surface area (Å²) in [7, 11) is 0. The first-order valence-electron chi connectivity index (χ1n) is 8.81. The van der Waals surface area contributed by atoms with Crippen molar-refractivity contribution >= 4 is 34.7 Å². The van der Waals surface area contributed by atoms with Crippen LogP contribution in [0, 0.1) is 18.8 Å². The number of piperidine rings is 1. The summed E-state index contributed by atoms with van der Waals surface area (Å²) in [4.78, 5) is 43.1. The van der Waals surface area contributed by atoms with Crippen LogP contribution in [0.5, 0.6) is 0 Å². The minimum absolute atomic E-state index is 0.162. The average Bonchev–Trinajstić information content (AvgIpc) is 3.08. The number of fused-ring (bicyclic) bond motifs is 1. The first-order valence-corrected chi connectivity index (χ1v) is 9.62. The van der Waals surface area contributed by atoms with Crippen LogP contribution in [0.2, 0.25) is 0 Å². The number of anilines is 1. The van der Waals surface area contributed by atoms with Crippen LogP contribution in [-0.2, 0) is 9.59 Å². The lowest BCUT2D eigenvalue weighted by Gasteiger charge is -2.24. The molecule has 0 spiro atoms. The molecule has 7 nitrogen and oxygen atoms in total. The van der Waals surface area contributed by atoms with Gasteiger partial charge in [0.1, 0.15) is 11.7 Å². The topological polar surface area (TPSA) is 105 Å². The summed E-state index contributed by atoms with van der Waals surface area (Å²) in [5.74, 6) is -0.301. The highest BCUT2D eigenvalue weighted by Crippen LogP contribution is 2.50. The summed E-state index contributed by atoms with van der Waals surface area (Å²) in [5, 5.41) is 3.51. The van der Waals surface area contributed by atoms with E-state index in [1.54, 1.807) is 11.0 Å². The van der Waals surface area contributed by atoms with Gasteiger partial charge in [0, 0.05) is 19.2 Å². The predicted octanol–water partition coefficient (Wildman–Crippen LogP) is 2.02. The Hall–Kier alpha value is -2.74. The molecule has 8 heteroatoms. The zero-order chi connectivity index (χ0) is 19.3. The molecular formula is C19H20N4O3S. The van der Waals surface area contributed by atoms with E-state index < -0.39 is 11.9 Å². The van der Waals surface area contributed by atoms with E-state index in [1.165, 1.54) is 18.3 Å². The third-order valence-corrected chi connectivity index (χ3v) is 6.10. The normalized spacial score (nSPS) is 23.0. The molecule has 3 N–H and O–H groups in total. The van der Waals surface area contributed by atoms with Gasteiger partial charge in [0.15, 0.2) is 0 Å². The number of amides is 3. The zero-order valence-corrected chi connectivity index (χ0v) is 15.9. The molecule has 0 radical (unpaired) electrons. The predicted molar refractivity (Wildman–Crippen MR) is 102 cm³/mol. The van der Waals surface area contributed by atoms with Crippen molar-refractivity contribution in [1.82, 2.24) is 9.88 Å². The standard InChI is InChI=1S/C19H20N4O3S/c1-9(24)21-13-5-3-4-11(6-13)17-15(22-10(2)27-17)19(26)23-8-12-7-14(12)16(23)18(20)25/h3-6,12,14,16H,7-8H2,1-2H3,(H2,20,25)(H,21,24)/t12-,14-,16-/m0/s1. The van der Waals surface area contributed by atoms with E-state index in [4.69, 9.17) is 5.73 Å². The molecule has 2 fully saturated rings. The second kappa shape index (κ2) is 6.45. The van der Waals surface area contributed by atoms with Crippen molar-refractivity contribution < 1.29 is 14.4 Å². The van der Waals surface area contributed by atoms with Crippen molar-refractivity contribution in [2.24, 2.45) is 17.6 Å². The van der Waals surface area contributed by atoms with E-state index in [2.05, 4.69) is 10.3 Å². The monoisotopic (exact) mass is 384 g/mol. The highest BCUT2D eigenvalue weighted by molar-refractivity contribution is 7.15. The van der Waals surface area contributed by atoms with Crippen LogP contribution in [0.3, 0.4) is 0 Å². The molecule has 0 bridgehead atoms. The molecule has 27 heavy (non-hydrogen) atoms. The number of nitrogens with two attached hydrogens (primary N) is 1. The van der Waals surface area contributed by atoms with Gasteiger partial charge in [0.2, 0.25) is 11.8 Å². The molecule has 1 saturated carbocycles. The quantitative estimate of drug-likeness (QED) is 0.841. The highest BCUT2D eigenvalue weighted by Gasteiger charge is 2.56. The number of carbonyl (C=O) groups is 3. The van der Waals surface area contributed by atoms with Crippen molar-refractivity contribution in [3.8, 4) is 10.4 Å². The van der Waals surface area contributed by atoms with E-state index in [0.717, 1.165) is 21.9 Å². The Labute approximate surface area is 160 Å². The van der Waals surface area contributed by atoms with Gasteiger partial charge in [-0.15, -0.1) is 11.3 Å². The van der Waals surface area contributed by atoms with Gasteiger partial charge in [-0.25, -0.2) is 4.98 Å². The van der Waals surface area contributed by atoms with Gasteiger partial charge in [-0.2, -0.15) is 0 Å². The van der Waals surface area contributed by atoms with Gasteiger partial charge in [0.25, 0.3) is 5.91 Å². The number of hydrogen-bond donors (Lipinski definition) is 2. The maximum atomic E-state index is 13.2. The van der Waals surface area contributed by atoms with Crippen molar-refractivity contribution in [3.63, 3.8) is 0 Å². The summed E-state index contributed by atoms with van der Waals surface area (Å²) in [6.45, 7) is 3.84. The van der Waals surface area contributed by atoms with Crippen molar-refractivity contribution in [3.05, 3.63) is 35.0 Å². The lowest BCUT2D eigenvalue weighted by atomic mass is 10.1. The van der Waals surface area contributed by atoms with Crippen LogP contribution in [-0.4, -0.2) is 40.2 Å².